The van der Waals surface area contributed by atoms with Gasteiger partial charge >= 0.3 is 0 Å². The summed E-state index contributed by atoms with van der Waals surface area (Å²) in [6.07, 6.45) is 0.458. The van der Waals surface area contributed by atoms with Crippen molar-refractivity contribution in [2.75, 3.05) is 21.1 Å². The van der Waals surface area contributed by atoms with E-state index in [4.69, 9.17) is 0 Å². The third-order valence-corrected chi connectivity index (χ3v) is 2.52. The Morgan fingerprint density at radius 1 is 1.12 bits per heavy atom. The number of ketones is 1. The molecule has 0 saturated carbocycles. The Bertz CT molecular complexity index is 410. The van der Waals surface area contributed by atoms with Crippen LogP contribution in [0.3, 0.4) is 0 Å². The molecule has 0 amide bonds. The van der Waals surface area contributed by atoms with Gasteiger partial charge in [0.05, 0.1) is 21.1 Å². The van der Waals surface area contributed by atoms with E-state index < -0.39 is 0 Å². The van der Waals surface area contributed by atoms with Crippen LogP contribution in [0.4, 0.5) is 0 Å². The number of rotatable bonds is 5. The fourth-order valence-corrected chi connectivity index (χ4v) is 1.65. The Hall–Kier alpha value is -1.41. The van der Waals surface area contributed by atoms with Gasteiger partial charge in [-0.1, -0.05) is 30.8 Å². The fraction of sp³-hybridized carbons (Fsp3) is 0.400. The maximum absolute atomic E-state index is 11.5. The molecule has 0 saturated heterocycles. The molecule has 0 aliphatic rings. The minimum absolute atomic E-state index is 0.115. The molecule has 0 unspecified atom stereocenters. The zero-order valence-electron chi connectivity index (χ0n) is 11.3. The molecule has 0 spiro atoms. The van der Waals surface area contributed by atoms with Crippen LogP contribution in [0.5, 0.6) is 0 Å². The summed E-state index contributed by atoms with van der Waals surface area (Å²) in [5.74, 6) is 0.115. The highest BCUT2D eigenvalue weighted by Crippen LogP contribution is 2.10. The molecule has 0 aromatic heterocycles. The third-order valence-electron chi connectivity index (χ3n) is 2.52. The van der Waals surface area contributed by atoms with E-state index in [2.05, 4.69) is 39.9 Å². The van der Waals surface area contributed by atoms with Crippen LogP contribution in [0.2, 0.25) is 0 Å². The SMILES string of the molecule is C=C(C)C(=O)Cc1ccc(C[N+](C)(C)C)cc1. The quantitative estimate of drug-likeness (QED) is 0.563. The number of quaternary nitrogens is 1. The molecule has 0 N–H and O–H groups in total. The van der Waals surface area contributed by atoms with Gasteiger partial charge in [-0.25, -0.2) is 0 Å². The highest BCUT2D eigenvalue weighted by atomic mass is 16.1. The van der Waals surface area contributed by atoms with E-state index in [0.29, 0.717) is 12.0 Å². The summed E-state index contributed by atoms with van der Waals surface area (Å²) in [5, 5.41) is 0. The van der Waals surface area contributed by atoms with Gasteiger partial charge in [0.25, 0.3) is 0 Å². The number of benzene rings is 1. The first-order chi connectivity index (χ1) is 7.78. The van der Waals surface area contributed by atoms with E-state index in [1.54, 1.807) is 6.92 Å². The van der Waals surface area contributed by atoms with Crippen LogP contribution in [0.15, 0.2) is 36.4 Å². The number of carbonyl (C=O) groups excluding carboxylic acids is 1. The van der Waals surface area contributed by atoms with E-state index in [9.17, 15) is 4.79 Å². The van der Waals surface area contributed by atoms with E-state index in [0.717, 1.165) is 16.6 Å². The smallest absolute Gasteiger partial charge is 0.162 e. The lowest BCUT2D eigenvalue weighted by Crippen LogP contribution is -2.33. The monoisotopic (exact) mass is 232 g/mol. The lowest BCUT2D eigenvalue weighted by Gasteiger charge is -2.23. The van der Waals surface area contributed by atoms with Gasteiger partial charge in [0.1, 0.15) is 6.54 Å². The molecule has 92 valence electrons. The Labute approximate surface area is 104 Å². The first-order valence-electron chi connectivity index (χ1n) is 5.85. The summed E-state index contributed by atoms with van der Waals surface area (Å²) < 4.78 is 0.907. The van der Waals surface area contributed by atoms with Crippen molar-refractivity contribution in [1.82, 2.24) is 0 Å². The average molecular weight is 232 g/mol. The molecule has 1 aromatic carbocycles. The summed E-state index contributed by atoms with van der Waals surface area (Å²) in [6, 6.07) is 8.27. The summed E-state index contributed by atoms with van der Waals surface area (Å²) in [5.41, 5.74) is 2.98. The topological polar surface area (TPSA) is 17.1 Å². The molecule has 0 aliphatic carbocycles. The van der Waals surface area contributed by atoms with Gasteiger partial charge in [-0.05, 0) is 18.1 Å². The number of Topliss-reactive ketones (excluding diaryl/α,β-unsaturated/α-hetero) is 1. The maximum atomic E-state index is 11.5. The molecule has 0 radical (unpaired) electrons. The Balaban J connectivity index is 2.68. The second-order valence-electron chi connectivity index (χ2n) is 5.65. The van der Waals surface area contributed by atoms with Crippen molar-refractivity contribution < 1.29 is 9.28 Å². The average Bonchev–Trinajstić information content (AvgIpc) is 2.18. The van der Waals surface area contributed by atoms with E-state index in [-0.39, 0.29) is 5.78 Å². The van der Waals surface area contributed by atoms with Gasteiger partial charge in [-0.2, -0.15) is 0 Å². The standard InChI is InChI=1S/C15H22NO/c1-12(2)15(17)10-13-6-8-14(9-7-13)11-16(3,4)5/h6-9H,1,10-11H2,2-5H3/q+1. The Kier molecular flexibility index (Phi) is 4.24. The number of carbonyl (C=O) groups is 1. The zero-order chi connectivity index (χ0) is 13.1. The van der Waals surface area contributed by atoms with Crippen molar-refractivity contribution in [3.8, 4) is 0 Å². The van der Waals surface area contributed by atoms with Gasteiger partial charge in [-0.3, -0.25) is 4.79 Å². The third kappa shape index (κ3) is 4.96. The van der Waals surface area contributed by atoms with Crippen molar-refractivity contribution >= 4 is 5.78 Å². The molecule has 0 heterocycles. The van der Waals surface area contributed by atoms with Crippen LogP contribution in [0.25, 0.3) is 0 Å². The molecule has 17 heavy (non-hydrogen) atoms. The Morgan fingerprint density at radius 3 is 2.00 bits per heavy atom. The Morgan fingerprint density at radius 2 is 1.59 bits per heavy atom. The summed E-state index contributed by atoms with van der Waals surface area (Å²) in [7, 11) is 6.50. The molecule has 2 nitrogen and oxygen atoms in total. The first-order valence-corrected chi connectivity index (χ1v) is 5.85. The van der Waals surface area contributed by atoms with Crippen LogP contribution >= 0.6 is 0 Å². The predicted octanol–water partition coefficient (Wildman–Crippen LogP) is 2.58. The molecular weight excluding hydrogens is 210 g/mol. The van der Waals surface area contributed by atoms with Gasteiger partial charge in [-0.15, -0.1) is 0 Å². The number of allylic oxidation sites excluding steroid dienone is 1. The highest BCUT2D eigenvalue weighted by molar-refractivity contribution is 5.95. The summed E-state index contributed by atoms with van der Waals surface area (Å²) in [6.45, 7) is 6.42. The van der Waals surface area contributed by atoms with E-state index >= 15 is 0 Å². The number of hydrogen-bond acceptors (Lipinski definition) is 1. The predicted molar refractivity (Wildman–Crippen MR) is 71.7 cm³/mol. The van der Waals surface area contributed by atoms with E-state index in [1.165, 1.54) is 5.56 Å². The fourth-order valence-electron chi connectivity index (χ4n) is 1.65. The number of nitrogens with zero attached hydrogens (tertiary/aromatic N) is 1. The van der Waals surface area contributed by atoms with Crippen molar-refractivity contribution in [3.05, 3.63) is 47.5 Å². The van der Waals surface area contributed by atoms with Crippen molar-refractivity contribution in [2.45, 2.75) is 19.9 Å². The van der Waals surface area contributed by atoms with Gasteiger partial charge < -0.3 is 4.48 Å². The van der Waals surface area contributed by atoms with Crippen molar-refractivity contribution in [3.63, 3.8) is 0 Å². The van der Waals surface area contributed by atoms with Crippen LogP contribution in [-0.4, -0.2) is 31.4 Å². The highest BCUT2D eigenvalue weighted by Gasteiger charge is 2.09. The minimum atomic E-state index is 0.115. The first kappa shape index (κ1) is 13.7. The van der Waals surface area contributed by atoms with Crippen LogP contribution < -0.4 is 0 Å². The van der Waals surface area contributed by atoms with Gasteiger partial charge in [0.2, 0.25) is 0 Å². The molecule has 0 fully saturated rings. The lowest BCUT2D eigenvalue weighted by molar-refractivity contribution is -0.884. The van der Waals surface area contributed by atoms with Gasteiger partial charge in [0, 0.05) is 12.0 Å². The van der Waals surface area contributed by atoms with Gasteiger partial charge in [0.15, 0.2) is 5.78 Å². The molecule has 1 rings (SSSR count). The van der Waals surface area contributed by atoms with Crippen LogP contribution in [-0.2, 0) is 17.8 Å². The molecule has 0 bridgehead atoms. The molecule has 2 heteroatoms. The van der Waals surface area contributed by atoms with Crippen LogP contribution in [0.1, 0.15) is 18.1 Å². The van der Waals surface area contributed by atoms with Crippen molar-refractivity contribution in [1.29, 1.82) is 0 Å². The second kappa shape index (κ2) is 5.28. The van der Waals surface area contributed by atoms with Crippen molar-refractivity contribution in [2.24, 2.45) is 0 Å². The molecular formula is C15H22NO+. The largest absolute Gasteiger partial charge is 0.327 e. The summed E-state index contributed by atoms with van der Waals surface area (Å²) >= 11 is 0. The lowest BCUT2D eigenvalue weighted by atomic mass is 10.0. The molecule has 0 atom stereocenters. The zero-order valence-corrected chi connectivity index (χ0v) is 11.3. The number of hydrogen-bond donors (Lipinski definition) is 0. The maximum Gasteiger partial charge on any atom is 0.162 e. The molecule has 1 aromatic rings. The van der Waals surface area contributed by atoms with Crippen LogP contribution in [0, 0.1) is 0 Å². The second-order valence-corrected chi connectivity index (χ2v) is 5.65. The van der Waals surface area contributed by atoms with E-state index in [1.807, 2.05) is 12.1 Å². The normalized spacial score (nSPS) is 11.3. The summed E-state index contributed by atoms with van der Waals surface area (Å²) in [4.78, 5) is 11.5. The minimum Gasteiger partial charge on any atom is -0.327 e. The molecule has 0 aliphatic heterocycles.